The van der Waals surface area contributed by atoms with Gasteiger partial charge in [0.2, 0.25) is 17.6 Å². The third-order valence-corrected chi connectivity index (χ3v) is 4.71. The predicted octanol–water partition coefficient (Wildman–Crippen LogP) is 2.53. The molecule has 8 nitrogen and oxygen atoms in total. The molecule has 2 aromatic rings. The summed E-state index contributed by atoms with van der Waals surface area (Å²) in [5.41, 5.74) is 0.819. The summed E-state index contributed by atoms with van der Waals surface area (Å²) >= 11 is 0. The van der Waals surface area contributed by atoms with Crippen LogP contribution in [-0.2, 0) is 16.0 Å². The van der Waals surface area contributed by atoms with Crippen molar-refractivity contribution in [2.24, 2.45) is 0 Å². The van der Waals surface area contributed by atoms with Crippen molar-refractivity contribution in [2.75, 3.05) is 13.7 Å². The lowest BCUT2D eigenvalue weighted by molar-refractivity contribution is -0.152. The number of hydrogen-bond donors (Lipinski definition) is 1. The zero-order valence-electron chi connectivity index (χ0n) is 15.3. The van der Waals surface area contributed by atoms with Crippen LogP contribution >= 0.6 is 0 Å². The average molecular weight is 373 g/mol. The third-order valence-electron chi connectivity index (χ3n) is 4.71. The van der Waals surface area contributed by atoms with Crippen LogP contribution < -0.4 is 4.74 Å². The molecule has 1 atom stereocenters. The highest BCUT2D eigenvalue weighted by Crippen LogP contribution is 2.21. The molecule has 0 aliphatic carbocycles. The molecule has 27 heavy (non-hydrogen) atoms. The molecule has 1 fully saturated rings. The molecule has 1 aromatic carbocycles. The van der Waals surface area contributed by atoms with Gasteiger partial charge in [0.1, 0.15) is 11.8 Å². The lowest BCUT2D eigenvalue weighted by atomic mass is 10.0. The monoisotopic (exact) mass is 373 g/mol. The van der Waals surface area contributed by atoms with E-state index in [0.717, 1.165) is 24.2 Å². The van der Waals surface area contributed by atoms with Crippen molar-refractivity contribution in [1.29, 1.82) is 0 Å². The number of carboxylic acid groups (broad SMARTS) is 1. The van der Waals surface area contributed by atoms with E-state index in [1.54, 1.807) is 7.11 Å². The van der Waals surface area contributed by atoms with Crippen molar-refractivity contribution < 1.29 is 24.0 Å². The highest BCUT2D eigenvalue weighted by Gasteiger charge is 2.31. The summed E-state index contributed by atoms with van der Waals surface area (Å²) in [4.78, 5) is 29.5. The number of methoxy groups -OCH3 is 1. The molecule has 3 rings (SSSR count). The number of ether oxygens (including phenoxy) is 1. The van der Waals surface area contributed by atoms with Gasteiger partial charge in [-0.25, -0.2) is 4.79 Å². The molecule has 144 valence electrons. The van der Waals surface area contributed by atoms with E-state index >= 15 is 0 Å². The molecule has 1 N–H and O–H groups in total. The number of hydrogen-bond acceptors (Lipinski definition) is 6. The number of amides is 1. The van der Waals surface area contributed by atoms with Crippen molar-refractivity contribution in [3.63, 3.8) is 0 Å². The second-order valence-electron chi connectivity index (χ2n) is 6.53. The highest BCUT2D eigenvalue weighted by atomic mass is 16.5. The molecule has 1 aromatic heterocycles. The Morgan fingerprint density at radius 1 is 1.30 bits per heavy atom. The Kier molecular flexibility index (Phi) is 6.05. The summed E-state index contributed by atoms with van der Waals surface area (Å²) in [5, 5.41) is 13.2. The van der Waals surface area contributed by atoms with Crippen molar-refractivity contribution in [3.05, 3.63) is 30.2 Å². The number of carbonyl (C=O) groups is 2. The van der Waals surface area contributed by atoms with Gasteiger partial charge in [-0.15, -0.1) is 0 Å². The molecule has 1 aliphatic rings. The molecule has 1 saturated heterocycles. The van der Waals surface area contributed by atoms with Crippen LogP contribution in [0.1, 0.15) is 38.0 Å². The van der Waals surface area contributed by atoms with Crippen LogP contribution in [-0.4, -0.2) is 51.7 Å². The molecule has 1 aliphatic heterocycles. The topological polar surface area (TPSA) is 106 Å². The van der Waals surface area contributed by atoms with Crippen LogP contribution in [0.15, 0.2) is 28.8 Å². The minimum Gasteiger partial charge on any atom is -0.497 e. The number of nitrogens with zero attached hydrogens (tertiary/aromatic N) is 3. The van der Waals surface area contributed by atoms with E-state index in [0.29, 0.717) is 37.5 Å². The van der Waals surface area contributed by atoms with Gasteiger partial charge < -0.3 is 19.3 Å². The van der Waals surface area contributed by atoms with Crippen molar-refractivity contribution >= 4 is 11.9 Å². The minimum absolute atomic E-state index is 0.128. The summed E-state index contributed by atoms with van der Waals surface area (Å²) in [7, 11) is 1.60. The van der Waals surface area contributed by atoms with Gasteiger partial charge in [-0.1, -0.05) is 5.16 Å². The number of likely N-dealkylation sites (tertiary alicyclic amines) is 1. The van der Waals surface area contributed by atoms with Crippen molar-refractivity contribution in [1.82, 2.24) is 15.0 Å². The Balaban J connectivity index is 1.52. The lowest BCUT2D eigenvalue weighted by Crippen LogP contribution is -2.47. The molecule has 0 radical (unpaired) electrons. The molecule has 0 saturated carbocycles. The highest BCUT2D eigenvalue weighted by molar-refractivity contribution is 5.83. The molecule has 1 amide bonds. The standard InChI is InChI=1S/C19H23N3O5/c1-26-14-10-8-13(9-11-14)18-20-16(27-21-18)6-4-7-17(23)22-12-3-2-5-15(22)19(24)25/h8-11,15H,2-7,12H2,1H3,(H,24,25)/t15-/m1/s1. The number of aliphatic carboxylic acids is 1. The van der Waals surface area contributed by atoms with E-state index in [1.807, 2.05) is 24.3 Å². The maximum atomic E-state index is 12.4. The second-order valence-corrected chi connectivity index (χ2v) is 6.53. The fourth-order valence-electron chi connectivity index (χ4n) is 3.24. The summed E-state index contributed by atoms with van der Waals surface area (Å²) in [5.74, 6) is 0.641. The van der Waals surface area contributed by atoms with Crippen LogP contribution in [0.25, 0.3) is 11.4 Å². The summed E-state index contributed by atoms with van der Waals surface area (Å²) in [6, 6.07) is 6.64. The van der Waals surface area contributed by atoms with E-state index in [1.165, 1.54) is 4.90 Å². The molecule has 8 heteroatoms. The number of piperidine rings is 1. The van der Waals surface area contributed by atoms with Crippen LogP contribution in [0.4, 0.5) is 0 Å². The van der Waals surface area contributed by atoms with E-state index in [9.17, 15) is 14.7 Å². The summed E-state index contributed by atoms with van der Waals surface area (Å²) in [6.45, 7) is 0.512. The molecular formula is C19H23N3O5. The van der Waals surface area contributed by atoms with Crippen LogP contribution in [0.5, 0.6) is 5.75 Å². The Hall–Kier alpha value is -2.90. The molecule has 2 heterocycles. The number of carboxylic acids is 1. The van der Waals surface area contributed by atoms with Gasteiger partial charge in [-0.2, -0.15) is 4.98 Å². The fourth-order valence-corrected chi connectivity index (χ4v) is 3.24. The lowest BCUT2D eigenvalue weighted by Gasteiger charge is -2.33. The maximum absolute atomic E-state index is 12.4. The Labute approximate surface area is 157 Å². The first-order chi connectivity index (χ1) is 13.1. The zero-order valence-corrected chi connectivity index (χ0v) is 15.3. The largest absolute Gasteiger partial charge is 0.497 e. The first-order valence-electron chi connectivity index (χ1n) is 9.08. The van der Waals surface area contributed by atoms with Crippen LogP contribution in [0, 0.1) is 0 Å². The smallest absolute Gasteiger partial charge is 0.326 e. The third kappa shape index (κ3) is 4.64. The zero-order chi connectivity index (χ0) is 19.2. The fraction of sp³-hybridized carbons (Fsp3) is 0.474. The van der Waals surface area contributed by atoms with Gasteiger partial charge in [0.25, 0.3) is 0 Å². The van der Waals surface area contributed by atoms with Gasteiger partial charge >= 0.3 is 5.97 Å². The van der Waals surface area contributed by atoms with E-state index in [4.69, 9.17) is 9.26 Å². The first-order valence-corrected chi connectivity index (χ1v) is 9.08. The molecular weight excluding hydrogens is 350 g/mol. The number of rotatable bonds is 7. The van der Waals surface area contributed by atoms with E-state index in [-0.39, 0.29) is 12.3 Å². The molecule has 0 unspecified atom stereocenters. The second kappa shape index (κ2) is 8.66. The van der Waals surface area contributed by atoms with Crippen LogP contribution in [0.3, 0.4) is 0 Å². The van der Waals surface area contributed by atoms with E-state index in [2.05, 4.69) is 10.1 Å². The van der Waals surface area contributed by atoms with Crippen LogP contribution in [0.2, 0.25) is 0 Å². The average Bonchev–Trinajstić information content (AvgIpc) is 3.17. The quantitative estimate of drug-likeness (QED) is 0.795. The Bertz CT molecular complexity index is 787. The number of benzene rings is 1. The van der Waals surface area contributed by atoms with Gasteiger partial charge in [0.05, 0.1) is 7.11 Å². The predicted molar refractivity (Wildman–Crippen MR) is 96.2 cm³/mol. The summed E-state index contributed by atoms with van der Waals surface area (Å²) in [6.07, 6.45) is 3.49. The van der Waals surface area contributed by atoms with Gasteiger partial charge in [-0.05, 0) is 49.9 Å². The van der Waals surface area contributed by atoms with Gasteiger partial charge in [-0.3, -0.25) is 4.79 Å². The first kappa shape index (κ1) is 18.9. The maximum Gasteiger partial charge on any atom is 0.326 e. The van der Waals surface area contributed by atoms with Gasteiger partial charge in [0, 0.05) is 24.9 Å². The molecule has 0 spiro atoms. The Morgan fingerprint density at radius 2 is 2.07 bits per heavy atom. The van der Waals surface area contributed by atoms with Crippen molar-refractivity contribution in [3.8, 4) is 17.1 Å². The van der Waals surface area contributed by atoms with E-state index < -0.39 is 12.0 Å². The van der Waals surface area contributed by atoms with Gasteiger partial charge in [0.15, 0.2) is 0 Å². The Morgan fingerprint density at radius 3 is 2.78 bits per heavy atom. The SMILES string of the molecule is COc1ccc(-c2noc(CCCC(=O)N3CCCC[C@@H]3C(=O)O)n2)cc1. The minimum atomic E-state index is -0.927. The molecule has 0 bridgehead atoms. The number of aromatic nitrogens is 2. The van der Waals surface area contributed by atoms with Crippen molar-refractivity contribution in [2.45, 2.75) is 44.6 Å². The summed E-state index contributed by atoms with van der Waals surface area (Å²) < 4.78 is 10.4. The normalized spacial score (nSPS) is 16.9. The number of carbonyl (C=O) groups excluding carboxylic acids is 1. The number of aryl methyl sites for hydroxylation is 1.